The second kappa shape index (κ2) is 4.94. The third-order valence-electron chi connectivity index (χ3n) is 2.52. The zero-order valence-electron chi connectivity index (χ0n) is 10.6. The van der Waals surface area contributed by atoms with E-state index in [1.54, 1.807) is 12.1 Å². The number of nitrogens with zero attached hydrogens (tertiary/aromatic N) is 2. The van der Waals surface area contributed by atoms with E-state index in [9.17, 15) is 0 Å². The quantitative estimate of drug-likeness (QED) is 0.813. The summed E-state index contributed by atoms with van der Waals surface area (Å²) >= 11 is 5.69. The SMILES string of the molecule is CC(C)(C)c1ccccc1Oc1ccc(Cl)nn1. The molecule has 0 bridgehead atoms. The minimum atomic E-state index is 0.0104. The van der Waals surface area contributed by atoms with Gasteiger partial charge in [0.2, 0.25) is 5.88 Å². The van der Waals surface area contributed by atoms with Crippen LogP contribution in [-0.2, 0) is 5.41 Å². The summed E-state index contributed by atoms with van der Waals surface area (Å²) < 4.78 is 5.76. The van der Waals surface area contributed by atoms with E-state index in [1.807, 2.05) is 18.2 Å². The lowest BCUT2D eigenvalue weighted by Crippen LogP contribution is -2.12. The zero-order valence-corrected chi connectivity index (χ0v) is 11.4. The average molecular weight is 263 g/mol. The van der Waals surface area contributed by atoms with Crippen molar-refractivity contribution in [2.45, 2.75) is 26.2 Å². The Labute approximate surface area is 112 Å². The molecule has 0 atom stereocenters. The van der Waals surface area contributed by atoms with E-state index in [0.29, 0.717) is 11.0 Å². The Bertz CT molecular complexity index is 532. The van der Waals surface area contributed by atoms with Gasteiger partial charge in [-0.1, -0.05) is 50.6 Å². The van der Waals surface area contributed by atoms with Gasteiger partial charge in [0, 0.05) is 11.6 Å². The van der Waals surface area contributed by atoms with Crippen molar-refractivity contribution in [3.05, 3.63) is 47.1 Å². The number of benzene rings is 1. The fourth-order valence-corrected chi connectivity index (χ4v) is 1.75. The van der Waals surface area contributed by atoms with Gasteiger partial charge < -0.3 is 4.74 Å². The van der Waals surface area contributed by atoms with Gasteiger partial charge in [-0.15, -0.1) is 10.2 Å². The molecule has 1 aromatic carbocycles. The summed E-state index contributed by atoms with van der Waals surface area (Å²) in [6.45, 7) is 6.42. The van der Waals surface area contributed by atoms with Crippen LogP contribution < -0.4 is 4.74 Å². The molecule has 0 fully saturated rings. The molecular formula is C14H15ClN2O. The monoisotopic (exact) mass is 262 g/mol. The Kier molecular flexibility index (Phi) is 3.53. The Morgan fingerprint density at radius 3 is 2.33 bits per heavy atom. The molecule has 0 unspecified atom stereocenters. The maximum Gasteiger partial charge on any atom is 0.238 e. The molecule has 0 radical (unpaired) electrons. The van der Waals surface area contributed by atoms with Crippen LogP contribution >= 0.6 is 11.6 Å². The van der Waals surface area contributed by atoms with Gasteiger partial charge in [-0.3, -0.25) is 0 Å². The number of rotatable bonds is 2. The third-order valence-corrected chi connectivity index (χ3v) is 2.72. The molecule has 0 saturated heterocycles. The number of ether oxygens (including phenoxy) is 1. The number of halogens is 1. The fraction of sp³-hybridized carbons (Fsp3) is 0.286. The maximum absolute atomic E-state index is 5.76. The Morgan fingerprint density at radius 2 is 1.72 bits per heavy atom. The van der Waals surface area contributed by atoms with Gasteiger partial charge in [0.1, 0.15) is 5.75 Å². The van der Waals surface area contributed by atoms with Crippen LogP contribution in [0.15, 0.2) is 36.4 Å². The summed E-state index contributed by atoms with van der Waals surface area (Å²) in [5.74, 6) is 1.23. The van der Waals surface area contributed by atoms with Gasteiger partial charge in [-0.05, 0) is 17.5 Å². The highest BCUT2D eigenvalue weighted by Gasteiger charge is 2.18. The molecule has 3 nitrogen and oxygen atoms in total. The standard InChI is InChI=1S/C14H15ClN2O/c1-14(2,3)10-6-4-5-7-11(10)18-13-9-8-12(15)16-17-13/h4-9H,1-3H3. The molecule has 18 heavy (non-hydrogen) atoms. The number of para-hydroxylation sites is 1. The predicted molar refractivity (Wildman–Crippen MR) is 72.3 cm³/mol. The van der Waals surface area contributed by atoms with Crippen LogP contribution in [0.2, 0.25) is 5.15 Å². The molecule has 94 valence electrons. The highest BCUT2D eigenvalue weighted by Crippen LogP contribution is 2.33. The van der Waals surface area contributed by atoms with Crippen molar-refractivity contribution in [2.24, 2.45) is 0 Å². The maximum atomic E-state index is 5.76. The van der Waals surface area contributed by atoms with Gasteiger partial charge in [0.25, 0.3) is 0 Å². The zero-order chi connectivity index (χ0) is 13.2. The van der Waals surface area contributed by atoms with Crippen LogP contribution in [-0.4, -0.2) is 10.2 Å². The van der Waals surface area contributed by atoms with Gasteiger partial charge in [0.05, 0.1) is 0 Å². The third kappa shape index (κ3) is 2.99. The predicted octanol–water partition coefficient (Wildman–Crippen LogP) is 4.22. The summed E-state index contributed by atoms with van der Waals surface area (Å²) in [5, 5.41) is 8.00. The van der Waals surface area contributed by atoms with Gasteiger partial charge in [-0.2, -0.15) is 0 Å². The molecule has 1 aromatic heterocycles. The molecule has 4 heteroatoms. The van der Waals surface area contributed by atoms with Crippen molar-refractivity contribution in [3.8, 4) is 11.6 Å². The molecule has 0 aliphatic heterocycles. The molecule has 0 spiro atoms. The molecule has 0 N–H and O–H groups in total. The van der Waals surface area contributed by atoms with Crippen LogP contribution in [0.1, 0.15) is 26.3 Å². The van der Waals surface area contributed by atoms with Crippen molar-refractivity contribution >= 4 is 11.6 Å². The second-order valence-corrected chi connectivity index (χ2v) is 5.43. The minimum absolute atomic E-state index is 0.0104. The van der Waals surface area contributed by atoms with Crippen LogP contribution in [0.25, 0.3) is 0 Å². The van der Waals surface area contributed by atoms with E-state index in [-0.39, 0.29) is 5.41 Å². The lowest BCUT2D eigenvalue weighted by atomic mass is 9.86. The lowest BCUT2D eigenvalue weighted by Gasteiger charge is -2.22. The lowest BCUT2D eigenvalue weighted by molar-refractivity contribution is 0.434. The number of hydrogen-bond acceptors (Lipinski definition) is 3. The normalized spacial score (nSPS) is 11.3. The van der Waals surface area contributed by atoms with Crippen LogP contribution in [0, 0.1) is 0 Å². The summed E-state index contributed by atoms with van der Waals surface area (Å²) in [5.41, 5.74) is 1.14. The summed E-state index contributed by atoms with van der Waals surface area (Å²) in [6, 6.07) is 11.3. The Balaban J connectivity index is 2.32. The summed E-state index contributed by atoms with van der Waals surface area (Å²) in [4.78, 5) is 0. The van der Waals surface area contributed by atoms with Gasteiger partial charge in [-0.25, -0.2) is 0 Å². The van der Waals surface area contributed by atoms with Crippen LogP contribution in [0.4, 0.5) is 0 Å². The van der Waals surface area contributed by atoms with Crippen molar-refractivity contribution in [1.82, 2.24) is 10.2 Å². The first-order valence-corrected chi connectivity index (χ1v) is 6.11. The molecule has 2 aromatic rings. The summed E-state index contributed by atoms with van der Waals surface area (Å²) in [7, 11) is 0. The largest absolute Gasteiger partial charge is 0.437 e. The van der Waals surface area contributed by atoms with Crippen molar-refractivity contribution in [2.75, 3.05) is 0 Å². The first-order chi connectivity index (χ1) is 8.47. The first kappa shape index (κ1) is 12.8. The molecular weight excluding hydrogens is 248 g/mol. The van der Waals surface area contributed by atoms with Gasteiger partial charge >= 0.3 is 0 Å². The Morgan fingerprint density at radius 1 is 1.00 bits per heavy atom. The van der Waals surface area contributed by atoms with Gasteiger partial charge in [0.15, 0.2) is 5.15 Å². The summed E-state index contributed by atoms with van der Waals surface area (Å²) in [6.07, 6.45) is 0. The van der Waals surface area contributed by atoms with E-state index >= 15 is 0 Å². The van der Waals surface area contributed by atoms with Crippen molar-refractivity contribution in [3.63, 3.8) is 0 Å². The highest BCUT2D eigenvalue weighted by molar-refractivity contribution is 6.29. The molecule has 2 rings (SSSR count). The molecule has 0 aliphatic carbocycles. The highest BCUT2D eigenvalue weighted by atomic mass is 35.5. The van der Waals surface area contributed by atoms with Crippen molar-refractivity contribution in [1.29, 1.82) is 0 Å². The molecule has 0 amide bonds. The van der Waals surface area contributed by atoms with Crippen LogP contribution in [0.5, 0.6) is 11.6 Å². The van der Waals surface area contributed by atoms with Crippen LogP contribution in [0.3, 0.4) is 0 Å². The first-order valence-electron chi connectivity index (χ1n) is 5.73. The average Bonchev–Trinajstić information content (AvgIpc) is 2.31. The van der Waals surface area contributed by atoms with E-state index in [0.717, 1.165) is 11.3 Å². The second-order valence-electron chi connectivity index (χ2n) is 5.04. The topological polar surface area (TPSA) is 35.0 Å². The number of hydrogen-bond donors (Lipinski definition) is 0. The molecule has 1 heterocycles. The molecule has 0 aliphatic rings. The van der Waals surface area contributed by atoms with E-state index in [4.69, 9.17) is 16.3 Å². The number of aromatic nitrogens is 2. The van der Waals surface area contributed by atoms with E-state index in [2.05, 4.69) is 37.0 Å². The van der Waals surface area contributed by atoms with E-state index < -0.39 is 0 Å². The van der Waals surface area contributed by atoms with Crippen molar-refractivity contribution < 1.29 is 4.74 Å². The Hall–Kier alpha value is -1.61. The fourth-order valence-electron chi connectivity index (χ4n) is 1.65. The van der Waals surface area contributed by atoms with E-state index in [1.165, 1.54) is 0 Å². The molecule has 0 saturated carbocycles. The minimum Gasteiger partial charge on any atom is -0.437 e. The smallest absolute Gasteiger partial charge is 0.238 e.